The molecule has 2 saturated heterocycles. The SMILES string of the molecule is O=C(c1ccc2occc2c1)C1CC2CCCC(C1)S2. The van der Waals surface area contributed by atoms with Gasteiger partial charge in [-0.3, -0.25) is 4.79 Å². The van der Waals surface area contributed by atoms with Gasteiger partial charge >= 0.3 is 0 Å². The van der Waals surface area contributed by atoms with Crippen LogP contribution in [0.2, 0.25) is 0 Å². The minimum absolute atomic E-state index is 0.232. The largest absolute Gasteiger partial charge is 0.464 e. The minimum Gasteiger partial charge on any atom is -0.464 e. The summed E-state index contributed by atoms with van der Waals surface area (Å²) in [4.78, 5) is 12.8. The van der Waals surface area contributed by atoms with Crippen LogP contribution in [-0.2, 0) is 0 Å². The van der Waals surface area contributed by atoms with Crippen LogP contribution in [0.15, 0.2) is 34.9 Å². The highest BCUT2D eigenvalue weighted by molar-refractivity contribution is 8.00. The third-order valence-corrected chi connectivity index (χ3v) is 6.27. The van der Waals surface area contributed by atoms with Gasteiger partial charge in [-0.15, -0.1) is 0 Å². The van der Waals surface area contributed by atoms with Crippen LogP contribution in [0.4, 0.5) is 0 Å². The molecule has 3 heteroatoms. The predicted octanol–water partition coefficient (Wildman–Crippen LogP) is 4.68. The first kappa shape index (κ1) is 12.5. The summed E-state index contributed by atoms with van der Waals surface area (Å²) in [5, 5.41) is 2.46. The Bertz CT molecular complexity index is 633. The number of Topliss-reactive ketones (excluding diaryl/α,β-unsaturated/α-hetero) is 1. The van der Waals surface area contributed by atoms with Gasteiger partial charge in [-0.1, -0.05) is 6.42 Å². The predicted molar refractivity (Wildman–Crippen MR) is 82.3 cm³/mol. The van der Waals surface area contributed by atoms with Gasteiger partial charge in [0.15, 0.2) is 5.78 Å². The molecule has 0 N–H and O–H groups in total. The Morgan fingerprint density at radius 3 is 2.75 bits per heavy atom. The van der Waals surface area contributed by atoms with Crippen molar-refractivity contribution in [2.45, 2.75) is 42.6 Å². The number of furan rings is 1. The van der Waals surface area contributed by atoms with Gasteiger partial charge in [0.25, 0.3) is 0 Å². The van der Waals surface area contributed by atoms with Gasteiger partial charge in [-0.25, -0.2) is 0 Å². The maximum atomic E-state index is 12.8. The summed E-state index contributed by atoms with van der Waals surface area (Å²) in [6.07, 6.45) is 7.77. The molecule has 2 aliphatic heterocycles. The van der Waals surface area contributed by atoms with E-state index in [1.807, 2.05) is 24.3 Å². The van der Waals surface area contributed by atoms with Gasteiger partial charge in [0.2, 0.25) is 0 Å². The van der Waals surface area contributed by atoms with E-state index in [1.165, 1.54) is 19.3 Å². The van der Waals surface area contributed by atoms with Crippen molar-refractivity contribution in [2.75, 3.05) is 0 Å². The van der Waals surface area contributed by atoms with Gasteiger partial charge in [0, 0.05) is 27.4 Å². The topological polar surface area (TPSA) is 30.2 Å². The number of ketones is 1. The number of fused-ring (bicyclic) bond motifs is 3. The molecule has 20 heavy (non-hydrogen) atoms. The van der Waals surface area contributed by atoms with E-state index in [0.717, 1.165) is 29.4 Å². The molecule has 3 heterocycles. The van der Waals surface area contributed by atoms with E-state index in [4.69, 9.17) is 4.42 Å². The summed E-state index contributed by atoms with van der Waals surface area (Å²) in [7, 11) is 0. The number of carbonyl (C=O) groups is 1. The molecule has 2 unspecified atom stereocenters. The van der Waals surface area contributed by atoms with Crippen LogP contribution >= 0.6 is 11.8 Å². The lowest BCUT2D eigenvalue weighted by molar-refractivity contribution is 0.0897. The lowest BCUT2D eigenvalue weighted by Gasteiger charge is -2.37. The van der Waals surface area contributed by atoms with E-state index in [0.29, 0.717) is 16.3 Å². The molecule has 2 aliphatic rings. The zero-order valence-corrected chi connectivity index (χ0v) is 12.2. The fraction of sp³-hybridized carbons (Fsp3) is 0.471. The number of carbonyl (C=O) groups excluding carboxylic acids is 1. The lowest BCUT2D eigenvalue weighted by Crippen LogP contribution is -2.32. The van der Waals surface area contributed by atoms with E-state index in [9.17, 15) is 4.79 Å². The van der Waals surface area contributed by atoms with Crippen molar-refractivity contribution >= 4 is 28.5 Å². The Morgan fingerprint density at radius 1 is 1.15 bits per heavy atom. The summed E-state index contributed by atoms with van der Waals surface area (Å²) in [5.74, 6) is 0.571. The van der Waals surface area contributed by atoms with Crippen LogP contribution in [-0.4, -0.2) is 16.3 Å². The van der Waals surface area contributed by atoms with E-state index in [-0.39, 0.29) is 5.92 Å². The molecule has 2 fully saturated rings. The van der Waals surface area contributed by atoms with Gasteiger partial charge in [0.05, 0.1) is 6.26 Å². The second kappa shape index (κ2) is 4.96. The van der Waals surface area contributed by atoms with Crippen LogP contribution in [0, 0.1) is 5.92 Å². The summed E-state index contributed by atoms with van der Waals surface area (Å²) < 4.78 is 5.34. The van der Waals surface area contributed by atoms with Crippen LogP contribution in [0.25, 0.3) is 11.0 Å². The Balaban J connectivity index is 1.59. The molecule has 2 atom stereocenters. The molecule has 1 aromatic heterocycles. The van der Waals surface area contributed by atoms with Gasteiger partial charge in [0.1, 0.15) is 5.58 Å². The van der Waals surface area contributed by atoms with Gasteiger partial charge < -0.3 is 4.42 Å². The third-order valence-electron chi connectivity index (χ3n) is 4.64. The zero-order valence-electron chi connectivity index (χ0n) is 11.4. The van der Waals surface area contributed by atoms with E-state index in [2.05, 4.69) is 11.8 Å². The summed E-state index contributed by atoms with van der Waals surface area (Å²) >= 11 is 2.13. The van der Waals surface area contributed by atoms with Crippen LogP contribution in [0.5, 0.6) is 0 Å². The minimum atomic E-state index is 0.232. The molecule has 2 bridgehead atoms. The first-order valence-corrected chi connectivity index (χ1v) is 8.41. The Hall–Kier alpha value is -1.22. The smallest absolute Gasteiger partial charge is 0.166 e. The zero-order chi connectivity index (χ0) is 13.5. The summed E-state index contributed by atoms with van der Waals surface area (Å²) in [5.41, 5.74) is 1.71. The van der Waals surface area contributed by atoms with E-state index in [1.54, 1.807) is 6.26 Å². The molecule has 1 aromatic carbocycles. The molecule has 0 spiro atoms. The molecule has 4 rings (SSSR count). The van der Waals surface area contributed by atoms with Gasteiger partial charge in [-0.05, 0) is 49.9 Å². The van der Waals surface area contributed by atoms with Crippen LogP contribution in [0.1, 0.15) is 42.5 Å². The van der Waals surface area contributed by atoms with Crippen molar-refractivity contribution in [3.63, 3.8) is 0 Å². The van der Waals surface area contributed by atoms with Crippen LogP contribution in [0.3, 0.4) is 0 Å². The maximum absolute atomic E-state index is 12.8. The van der Waals surface area contributed by atoms with E-state index >= 15 is 0 Å². The van der Waals surface area contributed by atoms with Crippen molar-refractivity contribution in [1.82, 2.24) is 0 Å². The molecule has 2 nitrogen and oxygen atoms in total. The van der Waals surface area contributed by atoms with Gasteiger partial charge in [-0.2, -0.15) is 11.8 Å². The van der Waals surface area contributed by atoms with Crippen molar-refractivity contribution in [1.29, 1.82) is 0 Å². The molecular formula is C17H18O2S. The fourth-order valence-electron chi connectivity index (χ4n) is 3.63. The highest BCUT2D eigenvalue weighted by Gasteiger charge is 2.35. The maximum Gasteiger partial charge on any atom is 0.166 e. The second-order valence-electron chi connectivity index (χ2n) is 6.02. The molecule has 104 valence electrons. The van der Waals surface area contributed by atoms with Crippen molar-refractivity contribution in [3.8, 4) is 0 Å². The van der Waals surface area contributed by atoms with E-state index < -0.39 is 0 Å². The fourth-order valence-corrected chi connectivity index (χ4v) is 5.47. The first-order chi connectivity index (χ1) is 9.79. The molecule has 0 radical (unpaired) electrons. The monoisotopic (exact) mass is 286 g/mol. The Kier molecular flexibility index (Phi) is 3.10. The molecule has 0 amide bonds. The molecule has 2 aromatic rings. The highest BCUT2D eigenvalue weighted by atomic mass is 32.2. The first-order valence-electron chi connectivity index (χ1n) is 7.46. The summed E-state index contributed by atoms with van der Waals surface area (Å²) in [6.45, 7) is 0. The molecule has 0 saturated carbocycles. The summed E-state index contributed by atoms with van der Waals surface area (Å²) in [6, 6.07) is 7.75. The highest BCUT2D eigenvalue weighted by Crippen LogP contribution is 2.44. The lowest BCUT2D eigenvalue weighted by atomic mass is 9.84. The third kappa shape index (κ3) is 2.18. The number of hydrogen-bond acceptors (Lipinski definition) is 3. The quantitative estimate of drug-likeness (QED) is 0.751. The average Bonchev–Trinajstić information content (AvgIpc) is 2.93. The molecular weight excluding hydrogens is 268 g/mol. The van der Waals surface area contributed by atoms with Crippen molar-refractivity contribution in [2.24, 2.45) is 5.92 Å². The Morgan fingerprint density at radius 2 is 1.95 bits per heavy atom. The normalized spacial score (nSPS) is 29.5. The molecule has 0 aliphatic carbocycles. The number of thioether (sulfide) groups is 1. The standard InChI is InChI=1S/C17H18O2S/c18-17(12-4-5-16-11(8-12)6-7-19-16)13-9-14-2-1-3-15(10-13)20-14/h4-8,13-15H,1-3,9-10H2. The van der Waals surface area contributed by atoms with Crippen molar-refractivity contribution < 1.29 is 9.21 Å². The van der Waals surface area contributed by atoms with Crippen molar-refractivity contribution in [3.05, 3.63) is 36.1 Å². The average molecular weight is 286 g/mol. The number of hydrogen-bond donors (Lipinski definition) is 0. The second-order valence-corrected chi connectivity index (χ2v) is 7.62. The Labute approximate surface area is 122 Å². The number of benzene rings is 1. The van der Waals surface area contributed by atoms with Crippen LogP contribution < -0.4 is 0 Å². The number of rotatable bonds is 2.